The van der Waals surface area contributed by atoms with Crippen LogP contribution < -0.4 is 5.73 Å². The maximum absolute atomic E-state index is 5.99. The molecule has 72 valence electrons. The number of hydrogen-bond acceptors (Lipinski definition) is 3. The van der Waals surface area contributed by atoms with Crippen LogP contribution in [0.25, 0.3) is 0 Å². The number of rotatable bonds is 6. The van der Waals surface area contributed by atoms with Gasteiger partial charge >= 0.3 is 0 Å². The molecular weight excluding hydrogens is 154 g/mol. The van der Waals surface area contributed by atoms with E-state index in [9.17, 15) is 0 Å². The first-order valence-corrected chi connectivity index (χ1v) is 4.54. The fourth-order valence-corrected chi connectivity index (χ4v) is 1.37. The van der Waals surface area contributed by atoms with Gasteiger partial charge in [-0.1, -0.05) is 6.92 Å². The van der Waals surface area contributed by atoms with Crippen molar-refractivity contribution in [2.45, 2.75) is 25.3 Å². The molecule has 1 saturated carbocycles. The van der Waals surface area contributed by atoms with E-state index in [2.05, 4.69) is 6.92 Å². The zero-order valence-electron chi connectivity index (χ0n) is 8.01. The molecule has 3 nitrogen and oxygen atoms in total. The van der Waals surface area contributed by atoms with Crippen molar-refractivity contribution in [2.75, 3.05) is 26.9 Å². The van der Waals surface area contributed by atoms with E-state index in [4.69, 9.17) is 15.2 Å². The summed E-state index contributed by atoms with van der Waals surface area (Å²) in [5.41, 5.74) is 6.08. The first-order chi connectivity index (χ1) is 5.69. The Bertz CT molecular complexity index is 140. The van der Waals surface area contributed by atoms with Gasteiger partial charge in [0.2, 0.25) is 0 Å². The van der Waals surface area contributed by atoms with Crippen LogP contribution in [0.5, 0.6) is 0 Å². The highest BCUT2D eigenvalue weighted by atomic mass is 16.5. The van der Waals surface area contributed by atoms with Gasteiger partial charge in [-0.25, -0.2) is 0 Å². The standard InChI is InChI=1S/C9H19NO2/c1-8-7-9(8,10)3-4-12-6-5-11-2/h8H,3-7,10H2,1-2H3. The van der Waals surface area contributed by atoms with Gasteiger partial charge < -0.3 is 15.2 Å². The maximum atomic E-state index is 5.99. The molecule has 1 aliphatic rings. The summed E-state index contributed by atoms with van der Waals surface area (Å²) in [5.74, 6) is 0.684. The molecule has 0 aliphatic heterocycles. The van der Waals surface area contributed by atoms with Gasteiger partial charge in [0.15, 0.2) is 0 Å². The lowest BCUT2D eigenvalue weighted by Gasteiger charge is -2.09. The Labute approximate surface area is 74.2 Å². The van der Waals surface area contributed by atoms with E-state index in [0.29, 0.717) is 19.1 Å². The molecule has 0 aromatic carbocycles. The molecule has 2 atom stereocenters. The lowest BCUT2D eigenvalue weighted by Crippen LogP contribution is -2.26. The predicted molar refractivity (Wildman–Crippen MR) is 48.0 cm³/mol. The Morgan fingerprint density at radius 1 is 1.42 bits per heavy atom. The van der Waals surface area contributed by atoms with Crippen molar-refractivity contribution in [3.05, 3.63) is 0 Å². The fourth-order valence-electron chi connectivity index (χ4n) is 1.37. The SMILES string of the molecule is COCCOCCC1(N)CC1C. The molecule has 2 unspecified atom stereocenters. The minimum Gasteiger partial charge on any atom is -0.382 e. The molecule has 0 aromatic rings. The monoisotopic (exact) mass is 173 g/mol. The van der Waals surface area contributed by atoms with Crippen LogP contribution in [0.4, 0.5) is 0 Å². The van der Waals surface area contributed by atoms with Crippen LogP contribution in [0.2, 0.25) is 0 Å². The fraction of sp³-hybridized carbons (Fsp3) is 1.00. The van der Waals surface area contributed by atoms with E-state index in [1.54, 1.807) is 7.11 Å². The third-order valence-electron chi connectivity index (χ3n) is 2.65. The first-order valence-electron chi connectivity index (χ1n) is 4.54. The second-order valence-electron chi connectivity index (χ2n) is 3.69. The zero-order valence-corrected chi connectivity index (χ0v) is 8.01. The Morgan fingerprint density at radius 3 is 2.58 bits per heavy atom. The summed E-state index contributed by atoms with van der Waals surface area (Å²) in [7, 11) is 1.68. The molecule has 3 heteroatoms. The minimum absolute atomic E-state index is 0.0903. The van der Waals surface area contributed by atoms with Gasteiger partial charge in [0.05, 0.1) is 13.2 Å². The van der Waals surface area contributed by atoms with E-state index in [1.165, 1.54) is 0 Å². The van der Waals surface area contributed by atoms with E-state index in [-0.39, 0.29) is 5.54 Å². The Kier molecular flexibility index (Phi) is 3.50. The van der Waals surface area contributed by atoms with Gasteiger partial charge in [-0.15, -0.1) is 0 Å². The van der Waals surface area contributed by atoms with Crippen LogP contribution in [0, 0.1) is 5.92 Å². The molecule has 0 heterocycles. The van der Waals surface area contributed by atoms with Crippen molar-refractivity contribution >= 4 is 0 Å². The summed E-state index contributed by atoms with van der Waals surface area (Å²) in [5, 5.41) is 0. The molecule has 1 aliphatic carbocycles. The summed E-state index contributed by atoms with van der Waals surface area (Å²) in [6, 6.07) is 0. The van der Waals surface area contributed by atoms with E-state index < -0.39 is 0 Å². The largest absolute Gasteiger partial charge is 0.382 e. The molecular formula is C9H19NO2. The van der Waals surface area contributed by atoms with Crippen molar-refractivity contribution in [3.8, 4) is 0 Å². The Balaban J connectivity index is 1.90. The number of ether oxygens (including phenoxy) is 2. The van der Waals surface area contributed by atoms with Crippen molar-refractivity contribution in [1.29, 1.82) is 0 Å². The Hall–Kier alpha value is -0.120. The molecule has 12 heavy (non-hydrogen) atoms. The topological polar surface area (TPSA) is 44.5 Å². The number of hydrogen-bond donors (Lipinski definition) is 1. The summed E-state index contributed by atoms with van der Waals surface area (Å²) in [6.07, 6.45) is 2.14. The van der Waals surface area contributed by atoms with Gasteiger partial charge in [-0.3, -0.25) is 0 Å². The molecule has 0 saturated heterocycles. The molecule has 0 aromatic heterocycles. The van der Waals surface area contributed by atoms with E-state index in [1.807, 2.05) is 0 Å². The molecule has 1 fully saturated rings. The molecule has 0 spiro atoms. The second-order valence-corrected chi connectivity index (χ2v) is 3.69. The summed E-state index contributed by atoms with van der Waals surface area (Å²) in [4.78, 5) is 0. The van der Waals surface area contributed by atoms with Crippen LogP contribution in [0.3, 0.4) is 0 Å². The average molecular weight is 173 g/mol. The highest BCUT2D eigenvalue weighted by Crippen LogP contribution is 2.42. The Morgan fingerprint density at radius 2 is 2.08 bits per heavy atom. The van der Waals surface area contributed by atoms with Gasteiger partial charge in [0, 0.05) is 19.3 Å². The molecule has 0 radical (unpaired) electrons. The van der Waals surface area contributed by atoms with Crippen LogP contribution in [-0.4, -0.2) is 32.5 Å². The first kappa shape index (κ1) is 9.96. The van der Waals surface area contributed by atoms with Crippen molar-refractivity contribution in [3.63, 3.8) is 0 Å². The summed E-state index contributed by atoms with van der Waals surface area (Å²) < 4.78 is 10.2. The zero-order chi connectivity index (χ0) is 9.03. The summed E-state index contributed by atoms with van der Waals surface area (Å²) >= 11 is 0. The van der Waals surface area contributed by atoms with Gasteiger partial charge in [0.1, 0.15) is 0 Å². The lowest BCUT2D eigenvalue weighted by molar-refractivity contribution is 0.0657. The van der Waals surface area contributed by atoms with Crippen LogP contribution in [0.15, 0.2) is 0 Å². The third-order valence-corrected chi connectivity index (χ3v) is 2.65. The van der Waals surface area contributed by atoms with Crippen molar-refractivity contribution in [1.82, 2.24) is 0 Å². The normalized spacial score (nSPS) is 33.8. The van der Waals surface area contributed by atoms with Crippen LogP contribution >= 0.6 is 0 Å². The third kappa shape index (κ3) is 2.73. The highest BCUT2D eigenvalue weighted by Gasteiger charge is 2.46. The van der Waals surface area contributed by atoms with Gasteiger partial charge in [0.25, 0.3) is 0 Å². The molecule has 0 amide bonds. The predicted octanol–water partition coefficient (Wildman–Crippen LogP) is 0.777. The highest BCUT2D eigenvalue weighted by molar-refractivity contribution is 5.04. The van der Waals surface area contributed by atoms with Gasteiger partial charge in [-0.2, -0.15) is 0 Å². The smallest absolute Gasteiger partial charge is 0.0700 e. The maximum Gasteiger partial charge on any atom is 0.0700 e. The second kappa shape index (κ2) is 4.21. The van der Waals surface area contributed by atoms with Gasteiger partial charge in [-0.05, 0) is 18.8 Å². The average Bonchev–Trinajstić information content (AvgIpc) is 2.60. The van der Waals surface area contributed by atoms with Crippen LogP contribution in [-0.2, 0) is 9.47 Å². The molecule has 1 rings (SSSR count). The summed E-state index contributed by atoms with van der Waals surface area (Å²) in [6.45, 7) is 4.31. The van der Waals surface area contributed by atoms with Crippen molar-refractivity contribution in [2.24, 2.45) is 11.7 Å². The van der Waals surface area contributed by atoms with Crippen molar-refractivity contribution < 1.29 is 9.47 Å². The minimum atomic E-state index is 0.0903. The quantitative estimate of drug-likeness (QED) is 0.604. The molecule has 0 bridgehead atoms. The molecule has 2 N–H and O–H groups in total. The number of methoxy groups -OCH3 is 1. The van der Waals surface area contributed by atoms with E-state index in [0.717, 1.165) is 19.4 Å². The number of nitrogens with two attached hydrogens (primary N) is 1. The lowest BCUT2D eigenvalue weighted by atomic mass is 10.2. The van der Waals surface area contributed by atoms with Crippen LogP contribution in [0.1, 0.15) is 19.8 Å². The van der Waals surface area contributed by atoms with E-state index >= 15 is 0 Å².